The van der Waals surface area contributed by atoms with Gasteiger partial charge in [0.05, 0.1) is 23.0 Å². The molecule has 2 aromatic carbocycles. The van der Waals surface area contributed by atoms with Gasteiger partial charge in [-0.1, -0.05) is 35.5 Å². The predicted octanol–water partition coefficient (Wildman–Crippen LogP) is 4.12. The number of carbonyl (C=O) groups excluding carboxylic acids is 2. The topological polar surface area (TPSA) is 102 Å². The van der Waals surface area contributed by atoms with Crippen molar-refractivity contribution in [2.24, 2.45) is 0 Å². The van der Waals surface area contributed by atoms with Gasteiger partial charge in [0.2, 0.25) is 11.8 Å². The minimum atomic E-state index is -0.177. The van der Waals surface area contributed by atoms with Gasteiger partial charge in [-0.05, 0) is 43.7 Å². The lowest BCUT2D eigenvalue weighted by Crippen LogP contribution is -2.14. The highest BCUT2D eigenvalue weighted by Crippen LogP contribution is 2.27. The minimum Gasteiger partial charge on any atom is -0.326 e. The Morgan fingerprint density at radius 3 is 2.56 bits per heavy atom. The molecule has 0 atom stereocenters. The lowest BCUT2D eigenvalue weighted by Gasteiger charge is -2.09. The first-order valence-electron chi connectivity index (χ1n) is 9.97. The molecule has 0 aliphatic rings. The summed E-state index contributed by atoms with van der Waals surface area (Å²) in [6.45, 7) is 5.53. The van der Waals surface area contributed by atoms with Crippen molar-refractivity contribution in [3.05, 3.63) is 66.1 Å². The molecule has 0 aliphatic carbocycles. The van der Waals surface area contributed by atoms with Crippen LogP contribution in [0.1, 0.15) is 18.1 Å². The summed E-state index contributed by atoms with van der Waals surface area (Å²) in [6, 6.07) is 13.2. The highest BCUT2D eigenvalue weighted by atomic mass is 32.2. The zero-order valence-corrected chi connectivity index (χ0v) is 18.7. The third-order valence-electron chi connectivity index (χ3n) is 4.72. The monoisotopic (exact) mass is 446 g/mol. The summed E-state index contributed by atoms with van der Waals surface area (Å²) in [5.74, 6) is -0.174. The number of nitrogens with zero attached hydrogens (tertiary/aromatic N) is 4. The van der Waals surface area contributed by atoms with Gasteiger partial charge in [0, 0.05) is 18.3 Å². The van der Waals surface area contributed by atoms with Crippen molar-refractivity contribution in [2.45, 2.75) is 25.8 Å². The van der Waals surface area contributed by atoms with E-state index in [0.717, 1.165) is 16.6 Å². The van der Waals surface area contributed by atoms with Crippen LogP contribution in [0.25, 0.3) is 16.7 Å². The SMILES string of the molecule is CC(=O)Nc1cccc(NC(=O)CSc2ncnc3c2cnn3-c2ccc(C)cc2C)c1. The molecule has 8 nitrogen and oxygen atoms in total. The lowest BCUT2D eigenvalue weighted by atomic mass is 10.1. The Hall–Kier alpha value is -3.72. The Morgan fingerprint density at radius 2 is 1.81 bits per heavy atom. The average molecular weight is 447 g/mol. The molecular formula is C23H22N6O2S. The van der Waals surface area contributed by atoms with Crippen LogP contribution in [0, 0.1) is 13.8 Å². The summed E-state index contributed by atoms with van der Waals surface area (Å²) in [5.41, 5.74) is 5.16. The zero-order valence-electron chi connectivity index (χ0n) is 17.9. The summed E-state index contributed by atoms with van der Waals surface area (Å²) in [4.78, 5) is 32.5. The van der Waals surface area contributed by atoms with Crippen molar-refractivity contribution in [1.82, 2.24) is 19.7 Å². The Kier molecular flexibility index (Phi) is 6.18. The fourth-order valence-electron chi connectivity index (χ4n) is 3.37. The summed E-state index contributed by atoms with van der Waals surface area (Å²) >= 11 is 1.32. The quantitative estimate of drug-likeness (QED) is 0.341. The van der Waals surface area contributed by atoms with Gasteiger partial charge in [0.15, 0.2) is 5.65 Å². The fourth-order valence-corrected chi connectivity index (χ4v) is 4.13. The van der Waals surface area contributed by atoms with Gasteiger partial charge in [-0.15, -0.1) is 0 Å². The Labute approximate surface area is 189 Å². The maximum Gasteiger partial charge on any atom is 0.234 e. The number of nitrogens with one attached hydrogen (secondary N) is 2. The molecular weight excluding hydrogens is 424 g/mol. The molecule has 32 heavy (non-hydrogen) atoms. The average Bonchev–Trinajstić information content (AvgIpc) is 3.16. The number of rotatable bonds is 6. The molecule has 2 aromatic heterocycles. The molecule has 4 aromatic rings. The first-order chi connectivity index (χ1) is 15.4. The number of anilines is 2. The van der Waals surface area contributed by atoms with Crippen LogP contribution in [0.5, 0.6) is 0 Å². The van der Waals surface area contributed by atoms with Crippen LogP contribution in [-0.4, -0.2) is 37.3 Å². The van der Waals surface area contributed by atoms with E-state index in [9.17, 15) is 9.59 Å². The van der Waals surface area contributed by atoms with Gasteiger partial charge in [-0.3, -0.25) is 9.59 Å². The Morgan fingerprint density at radius 1 is 1.03 bits per heavy atom. The van der Waals surface area contributed by atoms with E-state index < -0.39 is 0 Å². The maximum absolute atomic E-state index is 12.5. The predicted molar refractivity (Wildman–Crippen MR) is 126 cm³/mol. The molecule has 0 unspecified atom stereocenters. The van der Waals surface area contributed by atoms with Crippen LogP contribution in [0.4, 0.5) is 11.4 Å². The first-order valence-corrected chi connectivity index (χ1v) is 11.0. The molecule has 0 radical (unpaired) electrons. The molecule has 0 saturated carbocycles. The van der Waals surface area contributed by atoms with E-state index >= 15 is 0 Å². The van der Waals surface area contributed by atoms with Crippen molar-refractivity contribution < 1.29 is 9.59 Å². The largest absolute Gasteiger partial charge is 0.326 e. The lowest BCUT2D eigenvalue weighted by molar-refractivity contribution is -0.114. The standard InChI is InChI=1S/C23H22N6O2S/c1-14-7-8-20(15(2)9-14)29-22-19(11-26-29)23(25-13-24-22)32-12-21(31)28-18-6-4-5-17(10-18)27-16(3)30/h4-11,13H,12H2,1-3H3,(H,27,30)(H,28,31). The molecule has 2 N–H and O–H groups in total. The summed E-state index contributed by atoms with van der Waals surface area (Å²) in [5, 5.41) is 11.5. The highest BCUT2D eigenvalue weighted by Gasteiger charge is 2.14. The maximum atomic E-state index is 12.5. The van der Waals surface area contributed by atoms with Gasteiger partial charge in [0.25, 0.3) is 0 Å². The van der Waals surface area contributed by atoms with Gasteiger partial charge in [-0.25, -0.2) is 14.6 Å². The highest BCUT2D eigenvalue weighted by molar-refractivity contribution is 8.00. The molecule has 0 saturated heterocycles. The van der Waals surface area contributed by atoms with Gasteiger partial charge in [-0.2, -0.15) is 5.10 Å². The Bertz CT molecular complexity index is 1320. The molecule has 9 heteroatoms. The van der Waals surface area contributed by atoms with E-state index in [4.69, 9.17) is 0 Å². The normalized spacial score (nSPS) is 10.8. The molecule has 0 aliphatic heterocycles. The third kappa shape index (κ3) is 4.78. The van der Waals surface area contributed by atoms with Crippen molar-refractivity contribution in [3.63, 3.8) is 0 Å². The number of aromatic nitrogens is 4. The van der Waals surface area contributed by atoms with E-state index in [1.807, 2.05) is 19.1 Å². The van der Waals surface area contributed by atoms with Crippen molar-refractivity contribution in [2.75, 3.05) is 16.4 Å². The van der Waals surface area contributed by atoms with E-state index in [0.29, 0.717) is 22.0 Å². The molecule has 2 amide bonds. The number of benzene rings is 2. The zero-order chi connectivity index (χ0) is 22.7. The van der Waals surface area contributed by atoms with E-state index in [1.54, 1.807) is 35.1 Å². The smallest absolute Gasteiger partial charge is 0.234 e. The van der Waals surface area contributed by atoms with Crippen LogP contribution in [0.2, 0.25) is 0 Å². The molecule has 2 heterocycles. The number of hydrogen-bond donors (Lipinski definition) is 2. The number of thioether (sulfide) groups is 1. The summed E-state index contributed by atoms with van der Waals surface area (Å²) in [6.07, 6.45) is 3.22. The van der Waals surface area contributed by atoms with E-state index in [-0.39, 0.29) is 17.6 Å². The van der Waals surface area contributed by atoms with Gasteiger partial charge in [0.1, 0.15) is 11.4 Å². The molecule has 4 rings (SSSR count). The van der Waals surface area contributed by atoms with Crippen molar-refractivity contribution in [3.8, 4) is 5.69 Å². The van der Waals surface area contributed by atoms with Crippen molar-refractivity contribution >= 4 is 46.0 Å². The van der Waals surface area contributed by atoms with Crippen LogP contribution in [-0.2, 0) is 9.59 Å². The molecule has 0 bridgehead atoms. The van der Waals surface area contributed by atoms with Crippen LogP contribution in [0.3, 0.4) is 0 Å². The number of amides is 2. The van der Waals surface area contributed by atoms with Crippen molar-refractivity contribution in [1.29, 1.82) is 0 Å². The molecule has 0 spiro atoms. The third-order valence-corrected chi connectivity index (χ3v) is 5.72. The number of carbonyl (C=O) groups is 2. The summed E-state index contributed by atoms with van der Waals surface area (Å²) in [7, 11) is 0. The van der Waals surface area contributed by atoms with E-state index in [2.05, 4.69) is 38.7 Å². The van der Waals surface area contributed by atoms with Gasteiger partial charge < -0.3 is 10.6 Å². The fraction of sp³-hybridized carbons (Fsp3) is 0.174. The van der Waals surface area contributed by atoms with E-state index in [1.165, 1.54) is 30.6 Å². The van der Waals surface area contributed by atoms with Gasteiger partial charge >= 0.3 is 0 Å². The minimum absolute atomic E-state index is 0.168. The van der Waals surface area contributed by atoms with Crippen LogP contribution in [0.15, 0.2) is 60.0 Å². The summed E-state index contributed by atoms with van der Waals surface area (Å²) < 4.78 is 1.80. The number of fused-ring (bicyclic) bond motifs is 1. The molecule has 162 valence electrons. The second-order valence-corrected chi connectivity index (χ2v) is 8.33. The second kappa shape index (κ2) is 9.19. The first kappa shape index (κ1) is 21.5. The second-order valence-electron chi connectivity index (χ2n) is 7.36. The van der Waals surface area contributed by atoms with Crippen LogP contribution < -0.4 is 10.6 Å². The van der Waals surface area contributed by atoms with Crippen LogP contribution >= 0.6 is 11.8 Å². The molecule has 0 fully saturated rings. The number of hydrogen-bond acceptors (Lipinski definition) is 6. The number of aryl methyl sites for hydroxylation is 2. The Balaban J connectivity index is 1.49.